The van der Waals surface area contributed by atoms with Crippen molar-refractivity contribution < 1.29 is 4.43 Å². The van der Waals surface area contributed by atoms with Gasteiger partial charge in [-0.3, -0.25) is 0 Å². The minimum atomic E-state index is -2.39. The fourth-order valence-corrected chi connectivity index (χ4v) is 8.21. The Bertz CT molecular complexity index is 643. The molecule has 0 bridgehead atoms. The fourth-order valence-electron chi connectivity index (χ4n) is 3.41. The highest BCUT2D eigenvalue weighted by atomic mass is 79.9. The molecule has 0 radical (unpaired) electrons. The molecule has 0 saturated carbocycles. The molecule has 26 heavy (non-hydrogen) atoms. The van der Waals surface area contributed by atoms with Crippen molar-refractivity contribution in [2.24, 2.45) is 0 Å². The molecule has 1 N–H and O–H groups in total. The number of rotatable bonds is 9. The third-order valence-corrected chi connectivity index (χ3v) is 9.87. The SMILES string of the molecule is C=C(Br)CNCCCO[Si](c1ccccc1)(c1ccccc1)C(C)(C)C. The zero-order valence-corrected chi connectivity index (χ0v) is 18.7. The first kappa shape index (κ1) is 21.1. The molecule has 0 spiro atoms. The van der Waals surface area contributed by atoms with Crippen LogP contribution >= 0.6 is 15.9 Å². The third kappa shape index (κ3) is 5.16. The summed E-state index contributed by atoms with van der Waals surface area (Å²) < 4.78 is 7.82. The Labute approximate surface area is 167 Å². The average molecular weight is 432 g/mol. The van der Waals surface area contributed by atoms with E-state index in [1.165, 1.54) is 10.4 Å². The Hall–Kier alpha value is -1.20. The predicted molar refractivity (Wildman–Crippen MR) is 119 cm³/mol. The summed E-state index contributed by atoms with van der Waals surface area (Å²) in [6.45, 7) is 13.2. The van der Waals surface area contributed by atoms with Crippen molar-refractivity contribution in [2.75, 3.05) is 19.7 Å². The Morgan fingerprint density at radius 3 is 1.92 bits per heavy atom. The van der Waals surface area contributed by atoms with Crippen LogP contribution < -0.4 is 15.7 Å². The quantitative estimate of drug-likeness (QED) is 0.467. The first-order chi connectivity index (χ1) is 12.4. The van der Waals surface area contributed by atoms with Crippen molar-refractivity contribution in [1.29, 1.82) is 0 Å². The van der Waals surface area contributed by atoms with Crippen LogP contribution in [0.25, 0.3) is 0 Å². The van der Waals surface area contributed by atoms with Crippen LogP contribution in [0.4, 0.5) is 0 Å². The largest absolute Gasteiger partial charge is 0.407 e. The smallest absolute Gasteiger partial charge is 0.261 e. The van der Waals surface area contributed by atoms with E-state index in [1.807, 2.05) is 0 Å². The summed E-state index contributed by atoms with van der Waals surface area (Å²) in [6, 6.07) is 21.6. The molecular formula is C22H30BrNOSi. The van der Waals surface area contributed by atoms with Crippen molar-refractivity contribution in [3.05, 3.63) is 71.7 Å². The Morgan fingerprint density at radius 2 is 1.50 bits per heavy atom. The number of nitrogens with one attached hydrogen (secondary N) is 1. The summed E-state index contributed by atoms with van der Waals surface area (Å²) in [7, 11) is -2.39. The molecule has 0 aromatic heterocycles. The van der Waals surface area contributed by atoms with Gasteiger partial charge in [0.05, 0.1) is 0 Å². The zero-order chi connectivity index (χ0) is 19.0. The van der Waals surface area contributed by atoms with E-state index in [-0.39, 0.29) is 5.04 Å². The molecule has 2 aromatic carbocycles. The lowest BCUT2D eigenvalue weighted by Gasteiger charge is -2.43. The van der Waals surface area contributed by atoms with Gasteiger partial charge in [-0.15, -0.1) is 0 Å². The normalized spacial score (nSPS) is 12.2. The van der Waals surface area contributed by atoms with Gasteiger partial charge in [0.25, 0.3) is 8.32 Å². The molecule has 2 aromatic rings. The van der Waals surface area contributed by atoms with Crippen molar-refractivity contribution in [2.45, 2.75) is 32.2 Å². The second-order valence-corrected chi connectivity index (χ2v) is 13.0. The number of hydrogen-bond donors (Lipinski definition) is 1. The molecule has 0 atom stereocenters. The molecule has 2 rings (SSSR count). The Kier molecular flexibility index (Phi) is 7.83. The fraction of sp³-hybridized carbons (Fsp3) is 0.364. The van der Waals surface area contributed by atoms with Crippen LogP contribution in [0.5, 0.6) is 0 Å². The van der Waals surface area contributed by atoms with Gasteiger partial charge in [-0.1, -0.05) is 104 Å². The van der Waals surface area contributed by atoms with Gasteiger partial charge in [-0.25, -0.2) is 0 Å². The van der Waals surface area contributed by atoms with E-state index in [0.29, 0.717) is 0 Å². The zero-order valence-electron chi connectivity index (χ0n) is 16.1. The summed E-state index contributed by atoms with van der Waals surface area (Å²) in [4.78, 5) is 0. The molecule has 0 unspecified atom stereocenters. The van der Waals surface area contributed by atoms with Crippen LogP contribution in [0.3, 0.4) is 0 Å². The van der Waals surface area contributed by atoms with Crippen LogP contribution in [0, 0.1) is 0 Å². The number of halogens is 1. The van der Waals surface area contributed by atoms with Crippen LogP contribution in [0.2, 0.25) is 5.04 Å². The second kappa shape index (κ2) is 9.65. The minimum Gasteiger partial charge on any atom is -0.407 e. The monoisotopic (exact) mass is 431 g/mol. The van der Waals surface area contributed by atoms with E-state index in [1.54, 1.807) is 0 Å². The molecule has 0 heterocycles. The summed E-state index contributed by atoms with van der Waals surface area (Å²) in [6.07, 6.45) is 0.977. The minimum absolute atomic E-state index is 0.0350. The van der Waals surface area contributed by atoms with E-state index in [2.05, 4.69) is 109 Å². The summed E-state index contributed by atoms with van der Waals surface area (Å²) in [5.41, 5.74) is 0. The molecule has 0 aliphatic heterocycles. The van der Waals surface area contributed by atoms with Crippen molar-refractivity contribution in [3.63, 3.8) is 0 Å². The molecule has 0 aliphatic carbocycles. The maximum absolute atomic E-state index is 6.84. The van der Waals surface area contributed by atoms with E-state index in [9.17, 15) is 0 Å². The standard InChI is InChI=1S/C22H30BrNOSi/c1-19(23)18-24-16-11-17-25-26(22(2,3)4,20-12-7-5-8-13-20)21-14-9-6-10-15-21/h5-10,12-15,24H,1,11,16-18H2,2-4H3. The number of hydrogen-bond acceptors (Lipinski definition) is 2. The van der Waals surface area contributed by atoms with E-state index in [0.717, 1.165) is 30.6 Å². The molecular weight excluding hydrogens is 402 g/mol. The lowest BCUT2D eigenvalue weighted by atomic mass is 10.2. The average Bonchev–Trinajstić information content (AvgIpc) is 2.61. The van der Waals surface area contributed by atoms with Crippen molar-refractivity contribution >= 4 is 34.6 Å². The van der Waals surface area contributed by atoms with Gasteiger partial charge in [-0.05, 0) is 28.4 Å². The second-order valence-electron chi connectivity index (χ2n) is 7.56. The van der Waals surface area contributed by atoms with Gasteiger partial charge in [0.15, 0.2) is 0 Å². The van der Waals surface area contributed by atoms with Gasteiger partial charge < -0.3 is 9.74 Å². The van der Waals surface area contributed by atoms with E-state index >= 15 is 0 Å². The highest BCUT2D eigenvalue weighted by molar-refractivity contribution is 9.11. The first-order valence-electron chi connectivity index (χ1n) is 9.17. The van der Waals surface area contributed by atoms with E-state index < -0.39 is 8.32 Å². The molecule has 140 valence electrons. The maximum Gasteiger partial charge on any atom is 0.261 e. The molecule has 0 saturated heterocycles. The molecule has 0 fully saturated rings. The molecule has 0 amide bonds. The highest BCUT2D eigenvalue weighted by Crippen LogP contribution is 2.36. The summed E-state index contributed by atoms with van der Waals surface area (Å²) in [5, 5.41) is 6.08. The third-order valence-electron chi connectivity index (χ3n) is 4.55. The predicted octanol–water partition coefficient (Wildman–Crippen LogP) is 4.45. The van der Waals surface area contributed by atoms with Crippen LogP contribution in [0.1, 0.15) is 27.2 Å². The molecule has 0 aliphatic rings. The van der Waals surface area contributed by atoms with Crippen LogP contribution in [-0.4, -0.2) is 28.0 Å². The van der Waals surface area contributed by atoms with Crippen LogP contribution in [-0.2, 0) is 4.43 Å². The van der Waals surface area contributed by atoms with Crippen molar-refractivity contribution in [1.82, 2.24) is 5.32 Å². The molecule has 2 nitrogen and oxygen atoms in total. The lowest BCUT2D eigenvalue weighted by Crippen LogP contribution is -2.66. The topological polar surface area (TPSA) is 21.3 Å². The Balaban J connectivity index is 2.28. The molecule has 4 heteroatoms. The van der Waals surface area contributed by atoms with Gasteiger partial charge in [0.2, 0.25) is 0 Å². The van der Waals surface area contributed by atoms with Gasteiger partial charge >= 0.3 is 0 Å². The first-order valence-corrected chi connectivity index (χ1v) is 11.9. The highest BCUT2D eigenvalue weighted by Gasteiger charge is 2.49. The maximum atomic E-state index is 6.84. The summed E-state index contributed by atoms with van der Waals surface area (Å²) in [5.74, 6) is 0. The van der Waals surface area contributed by atoms with Gasteiger partial charge in [0.1, 0.15) is 0 Å². The van der Waals surface area contributed by atoms with Gasteiger partial charge in [0, 0.05) is 17.6 Å². The van der Waals surface area contributed by atoms with Gasteiger partial charge in [-0.2, -0.15) is 0 Å². The van der Waals surface area contributed by atoms with Crippen LogP contribution in [0.15, 0.2) is 71.7 Å². The van der Waals surface area contributed by atoms with E-state index in [4.69, 9.17) is 4.43 Å². The van der Waals surface area contributed by atoms with Crippen molar-refractivity contribution in [3.8, 4) is 0 Å². The number of benzene rings is 2. The Morgan fingerprint density at radius 1 is 1.00 bits per heavy atom. The summed E-state index contributed by atoms with van der Waals surface area (Å²) >= 11 is 3.38. The lowest BCUT2D eigenvalue weighted by molar-refractivity contribution is 0.290.